The Morgan fingerprint density at radius 3 is 2.31 bits per heavy atom. The first kappa shape index (κ1) is 7.75. The molecule has 2 aliphatic rings. The van der Waals surface area contributed by atoms with Gasteiger partial charge in [0.05, 0.1) is 12.1 Å². The predicted molar refractivity (Wildman–Crippen MR) is 41.9 cm³/mol. The van der Waals surface area contributed by atoms with Crippen LogP contribution in [0.25, 0.3) is 0 Å². The summed E-state index contributed by atoms with van der Waals surface area (Å²) in [5, 5.41) is 17.8. The number of hydrogen-bond donors (Lipinski definition) is 1. The van der Waals surface area contributed by atoms with Gasteiger partial charge in [0.15, 0.2) is 5.41 Å². The molecule has 0 bridgehead atoms. The fraction of sp³-hybridized carbons (Fsp3) is 0.500. The number of hydrogen-bond acceptors (Lipinski definition) is 4. The summed E-state index contributed by atoms with van der Waals surface area (Å²) in [4.78, 5) is 14.8. The van der Waals surface area contributed by atoms with Crippen LogP contribution in [-0.4, -0.2) is 11.7 Å². The Balaban J connectivity index is 2.66. The number of nitrogens with zero attached hydrogens (tertiary/aromatic N) is 3. The average molecular weight is 174 g/mol. The second-order valence-electron chi connectivity index (χ2n) is 3.36. The van der Waals surface area contributed by atoms with Gasteiger partial charge in [-0.1, -0.05) is 6.92 Å². The Morgan fingerprint density at radius 1 is 1.46 bits per heavy atom. The number of amides is 1. The van der Waals surface area contributed by atoms with Crippen molar-refractivity contribution in [2.75, 3.05) is 0 Å². The van der Waals surface area contributed by atoms with E-state index < -0.39 is 16.7 Å². The number of aliphatic imine (C=N–C) groups is 1. The van der Waals surface area contributed by atoms with Crippen molar-refractivity contribution < 1.29 is 4.79 Å². The van der Waals surface area contributed by atoms with Crippen LogP contribution in [0, 0.1) is 39.4 Å². The van der Waals surface area contributed by atoms with Gasteiger partial charge in [-0.2, -0.15) is 15.5 Å². The lowest BCUT2D eigenvalue weighted by molar-refractivity contribution is -0.121. The summed E-state index contributed by atoms with van der Waals surface area (Å²) in [6, 6.07) is 3.81. The molecule has 1 saturated carbocycles. The maximum absolute atomic E-state index is 11.3. The third-order valence-electron chi connectivity index (χ3n) is 3.15. The summed E-state index contributed by atoms with van der Waals surface area (Å²) in [6.07, 6.45) is 0. The van der Waals surface area contributed by atoms with E-state index in [2.05, 4.69) is 4.99 Å². The molecule has 0 aromatic heterocycles. The second-order valence-corrected chi connectivity index (χ2v) is 3.36. The summed E-state index contributed by atoms with van der Waals surface area (Å²) in [5.74, 6) is -0.907. The Bertz CT molecular complexity index is 426. The normalized spacial score (nSPS) is 45.9. The lowest BCUT2D eigenvalue weighted by Crippen LogP contribution is -2.25. The molecule has 0 aromatic rings. The Hall–Kier alpha value is -1.88. The van der Waals surface area contributed by atoms with Crippen LogP contribution in [0.4, 0.5) is 0 Å². The van der Waals surface area contributed by atoms with E-state index in [9.17, 15) is 4.79 Å². The van der Waals surface area contributed by atoms with Gasteiger partial charge in [-0.05, 0) is 0 Å². The number of nitriles is 2. The molecule has 3 atom stereocenters. The molecule has 0 saturated heterocycles. The fourth-order valence-corrected chi connectivity index (χ4v) is 2.20. The van der Waals surface area contributed by atoms with Gasteiger partial charge >= 0.3 is 0 Å². The lowest BCUT2D eigenvalue weighted by Gasteiger charge is -1.99. The van der Waals surface area contributed by atoms with Gasteiger partial charge in [0.25, 0.3) is 5.91 Å². The van der Waals surface area contributed by atoms with Crippen molar-refractivity contribution in [2.45, 2.75) is 6.92 Å². The number of rotatable bonds is 0. The molecule has 0 aromatic carbocycles. The van der Waals surface area contributed by atoms with Crippen LogP contribution >= 0.6 is 0 Å². The van der Waals surface area contributed by atoms with Crippen molar-refractivity contribution in [3.8, 4) is 12.1 Å². The first-order valence-corrected chi connectivity index (χ1v) is 3.79. The third-order valence-corrected chi connectivity index (χ3v) is 3.15. The molecule has 2 rings (SSSR count). The zero-order valence-corrected chi connectivity index (χ0v) is 6.90. The number of carbonyl (C=O) groups excluding carboxylic acids is 1. The molecule has 64 valence electrons. The van der Waals surface area contributed by atoms with E-state index in [0.29, 0.717) is 0 Å². The molecule has 1 heterocycles. The van der Waals surface area contributed by atoms with Crippen LogP contribution in [-0.2, 0) is 4.79 Å². The molecule has 2 N–H and O–H groups in total. The zero-order valence-electron chi connectivity index (χ0n) is 6.90. The molecule has 13 heavy (non-hydrogen) atoms. The highest BCUT2D eigenvalue weighted by atomic mass is 16.2. The minimum Gasteiger partial charge on any atom is -0.386 e. The van der Waals surface area contributed by atoms with Crippen LogP contribution in [0.1, 0.15) is 6.92 Å². The van der Waals surface area contributed by atoms with E-state index in [1.54, 1.807) is 6.92 Å². The molecule has 0 spiro atoms. The molecule has 1 aliphatic heterocycles. The predicted octanol–water partition coefficient (Wildman–Crippen LogP) is -0.447. The van der Waals surface area contributed by atoms with Crippen LogP contribution in [0.5, 0.6) is 0 Å². The van der Waals surface area contributed by atoms with Crippen molar-refractivity contribution in [1.82, 2.24) is 0 Å². The SMILES string of the molecule is C[C@@H]1[C@]2(C#N)C(N)=NC(=O)[C@]12C#N. The number of nitrogens with two attached hydrogens (primary N) is 1. The summed E-state index contributed by atoms with van der Waals surface area (Å²) < 4.78 is 0. The maximum Gasteiger partial charge on any atom is 0.270 e. The van der Waals surface area contributed by atoms with E-state index >= 15 is 0 Å². The minimum atomic E-state index is -1.29. The highest BCUT2D eigenvalue weighted by molar-refractivity contribution is 6.16. The van der Waals surface area contributed by atoms with Crippen molar-refractivity contribution in [3.05, 3.63) is 0 Å². The van der Waals surface area contributed by atoms with Gasteiger partial charge in [0.1, 0.15) is 11.3 Å². The quantitative estimate of drug-likeness (QED) is 0.537. The van der Waals surface area contributed by atoms with Crippen LogP contribution < -0.4 is 5.73 Å². The largest absolute Gasteiger partial charge is 0.386 e. The van der Waals surface area contributed by atoms with Crippen molar-refractivity contribution in [3.63, 3.8) is 0 Å². The first-order chi connectivity index (χ1) is 6.07. The first-order valence-electron chi connectivity index (χ1n) is 3.79. The number of amidine groups is 1. The summed E-state index contributed by atoms with van der Waals surface area (Å²) in [5.41, 5.74) is 3.04. The zero-order chi connectivity index (χ0) is 9.85. The second kappa shape index (κ2) is 1.72. The highest BCUT2D eigenvalue weighted by Gasteiger charge is 2.86. The minimum absolute atomic E-state index is 0.00551. The summed E-state index contributed by atoms with van der Waals surface area (Å²) >= 11 is 0. The Morgan fingerprint density at radius 2 is 2.00 bits per heavy atom. The monoisotopic (exact) mass is 174 g/mol. The van der Waals surface area contributed by atoms with Crippen LogP contribution in [0.15, 0.2) is 4.99 Å². The lowest BCUT2D eigenvalue weighted by atomic mass is 9.97. The molecule has 1 fully saturated rings. The fourth-order valence-electron chi connectivity index (χ4n) is 2.20. The van der Waals surface area contributed by atoms with Gasteiger partial charge in [-0.3, -0.25) is 4.79 Å². The van der Waals surface area contributed by atoms with Crippen LogP contribution in [0.3, 0.4) is 0 Å². The standard InChI is InChI=1S/C8H6N4O/c1-4-7(2-9)5(11)12-6(13)8(4,7)3-10/h4H,1H3,(H2,11,12,13)/t4-,7-,8+/m1/s1. The summed E-state index contributed by atoms with van der Waals surface area (Å²) in [7, 11) is 0. The maximum atomic E-state index is 11.3. The van der Waals surface area contributed by atoms with Gasteiger partial charge in [-0.25, -0.2) is 0 Å². The smallest absolute Gasteiger partial charge is 0.270 e. The third kappa shape index (κ3) is 0.436. The number of fused-ring (bicyclic) bond motifs is 1. The van der Waals surface area contributed by atoms with Crippen molar-refractivity contribution in [1.29, 1.82) is 10.5 Å². The number of carbonyl (C=O) groups is 1. The van der Waals surface area contributed by atoms with E-state index in [-0.39, 0.29) is 11.8 Å². The molecular weight excluding hydrogens is 168 g/mol. The van der Waals surface area contributed by atoms with E-state index in [0.717, 1.165) is 0 Å². The van der Waals surface area contributed by atoms with Gasteiger partial charge < -0.3 is 5.73 Å². The van der Waals surface area contributed by atoms with Crippen molar-refractivity contribution in [2.24, 2.45) is 27.5 Å². The van der Waals surface area contributed by atoms with Gasteiger partial charge in [0, 0.05) is 5.92 Å². The Labute approximate surface area is 74.5 Å². The topological polar surface area (TPSA) is 103 Å². The molecule has 0 radical (unpaired) electrons. The van der Waals surface area contributed by atoms with Gasteiger partial charge in [-0.15, -0.1) is 0 Å². The highest BCUT2D eigenvalue weighted by Crippen LogP contribution is 2.71. The Kier molecular flexibility index (Phi) is 1.03. The molecule has 1 aliphatic carbocycles. The van der Waals surface area contributed by atoms with E-state index in [1.165, 1.54) is 0 Å². The molecular formula is C8H6N4O. The van der Waals surface area contributed by atoms with Crippen LogP contribution in [0.2, 0.25) is 0 Å². The van der Waals surface area contributed by atoms with Crippen molar-refractivity contribution >= 4 is 11.7 Å². The van der Waals surface area contributed by atoms with E-state index in [4.69, 9.17) is 16.3 Å². The molecule has 0 unspecified atom stereocenters. The molecule has 5 heteroatoms. The van der Waals surface area contributed by atoms with Gasteiger partial charge in [0.2, 0.25) is 0 Å². The molecule has 1 amide bonds. The van der Waals surface area contributed by atoms with E-state index in [1.807, 2.05) is 12.1 Å². The average Bonchev–Trinajstić information content (AvgIpc) is 2.56. The summed E-state index contributed by atoms with van der Waals surface area (Å²) in [6.45, 7) is 1.67. The molecule has 5 nitrogen and oxygen atoms in total.